The predicted molar refractivity (Wildman–Crippen MR) is 139 cm³/mol. The Morgan fingerprint density at radius 1 is 1.00 bits per heavy atom. The minimum absolute atomic E-state index is 0.00408. The van der Waals surface area contributed by atoms with E-state index in [2.05, 4.69) is 10.6 Å². The number of hydrogen-bond acceptors (Lipinski definition) is 6. The van der Waals surface area contributed by atoms with Crippen molar-refractivity contribution >= 4 is 27.7 Å². The molecule has 11 heteroatoms. The van der Waals surface area contributed by atoms with Crippen molar-refractivity contribution in [3.05, 3.63) is 30.3 Å². The fraction of sp³-hybridized carbons (Fsp3) is 0.654. The molecule has 0 aromatic heterocycles. The van der Waals surface area contributed by atoms with Crippen molar-refractivity contribution < 1.29 is 22.8 Å². The van der Waals surface area contributed by atoms with Gasteiger partial charge >= 0.3 is 0 Å². The maximum atomic E-state index is 13.6. The SMILES string of the molecule is NC(=O)[C@H](CC1CCCCC1)NC(=O)[C@H]1CN(C(=O)C2CCNCC2)CCN1S(=O)(=O)c1ccccc1. The van der Waals surface area contributed by atoms with Gasteiger partial charge in [-0.15, -0.1) is 0 Å². The Morgan fingerprint density at radius 2 is 1.68 bits per heavy atom. The Morgan fingerprint density at radius 3 is 2.32 bits per heavy atom. The van der Waals surface area contributed by atoms with E-state index in [1.54, 1.807) is 23.1 Å². The second kappa shape index (κ2) is 12.4. The molecule has 4 N–H and O–H groups in total. The van der Waals surface area contributed by atoms with Crippen LogP contribution in [0, 0.1) is 11.8 Å². The number of primary amides is 1. The topological polar surface area (TPSA) is 142 Å². The second-order valence-corrected chi connectivity index (χ2v) is 12.3. The number of benzene rings is 1. The first-order chi connectivity index (χ1) is 17.8. The molecular formula is C26H39N5O5S. The third-order valence-electron chi connectivity index (χ3n) is 7.94. The van der Waals surface area contributed by atoms with Crippen LogP contribution in [0.3, 0.4) is 0 Å². The summed E-state index contributed by atoms with van der Waals surface area (Å²) >= 11 is 0. The van der Waals surface area contributed by atoms with Crippen LogP contribution in [-0.2, 0) is 24.4 Å². The van der Waals surface area contributed by atoms with Crippen LogP contribution in [0.5, 0.6) is 0 Å². The summed E-state index contributed by atoms with van der Waals surface area (Å²) in [6.07, 6.45) is 7.17. The van der Waals surface area contributed by atoms with E-state index in [9.17, 15) is 22.8 Å². The Labute approximate surface area is 219 Å². The minimum atomic E-state index is -4.01. The van der Waals surface area contributed by atoms with Crippen LogP contribution < -0.4 is 16.4 Å². The molecule has 0 bridgehead atoms. The highest BCUT2D eigenvalue weighted by Gasteiger charge is 2.43. The van der Waals surface area contributed by atoms with Crippen LogP contribution >= 0.6 is 0 Å². The molecular weight excluding hydrogens is 494 g/mol. The summed E-state index contributed by atoms with van der Waals surface area (Å²) in [5.41, 5.74) is 5.66. The molecule has 2 aliphatic heterocycles. The van der Waals surface area contributed by atoms with Gasteiger partial charge in [-0.2, -0.15) is 4.31 Å². The summed E-state index contributed by atoms with van der Waals surface area (Å²) < 4.78 is 28.3. The minimum Gasteiger partial charge on any atom is -0.368 e. The number of nitrogens with zero attached hydrogens (tertiary/aromatic N) is 2. The maximum absolute atomic E-state index is 13.6. The van der Waals surface area contributed by atoms with E-state index in [0.717, 1.165) is 38.8 Å². The molecule has 204 valence electrons. The van der Waals surface area contributed by atoms with Gasteiger partial charge in [-0.1, -0.05) is 50.3 Å². The lowest BCUT2D eigenvalue weighted by molar-refractivity contribution is -0.141. The molecule has 4 rings (SSSR count). The molecule has 1 aliphatic carbocycles. The lowest BCUT2D eigenvalue weighted by Crippen LogP contribution is -2.63. The highest BCUT2D eigenvalue weighted by Crippen LogP contribution is 2.28. The molecule has 1 aromatic rings. The largest absolute Gasteiger partial charge is 0.368 e. The highest BCUT2D eigenvalue weighted by atomic mass is 32.2. The molecule has 1 aromatic carbocycles. The number of nitrogens with one attached hydrogen (secondary N) is 2. The Bertz CT molecular complexity index is 1050. The van der Waals surface area contributed by atoms with E-state index in [1.165, 1.54) is 22.9 Å². The van der Waals surface area contributed by atoms with E-state index in [0.29, 0.717) is 25.2 Å². The molecule has 10 nitrogen and oxygen atoms in total. The third kappa shape index (κ3) is 6.69. The summed E-state index contributed by atoms with van der Waals surface area (Å²) in [4.78, 5) is 40.8. The lowest BCUT2D eigenvalue weighted by Gasteiger charge is -2.41. The number of sulfonamides is 1. The zero-order chi connectivity index (χ0) is 26.4. The first kappa shape index (κ1) is 27.5. The van der Waals surface area contributed by atoms with Crippen LogP contribution in [0.2, 0.25) is 0 Å². The van der Waals surface area contributed by atoms with Crippen molar-refractivity contribution in [2.45, 2.75) is 68.3 Å². The van der Waals surface area contributed by atoms with Gasteiger partial charge in [0.05, 0.1) is 4.90 Å². The molecule has 3 aliphatic rings. The van der Waals surface area contributed by atoms with Crippen molar-refractivity contribution in [2.24, 2.45) is 17.6 Å². The van der Waals surface area contributed by atoms with Crippen molar-refractivity contribution in [2.75, 3.05) is 32.7 Å². The number of piperazine rings is 1. The van der Waals surface area contributed by atoms with E-state index in [4.69, 9.17) is 5.73 Å². The highest BCUT2D eigenvalue weighted by molar-refractivity contribution is 7.89. The average Bonchev–Trinajstić information content (AvgIpc) is 2.93. The zero-order valence-electron chi connectivity index (χ0n) is 21.3. The van der Waals surface area contributed by atoms with Crippen LogP contribution in [0.25, 0.3) is 0 Å². The zero-order valence-corrected chi connectivity index (χ0v) is 22.1. The van der Waals surface area contributed by atoms with Gasteiger partial charge in [0.1, 0.15) is 12.1 Å². The normalized spacial score (nSPS) is 23.4. The summed E-state index contributed by atoms with van der Waals surface area (Å²) in [5, 5.41) is 6.00. The Hall–Kier alpha value is -2.50. The van der Waals surface area contributed by atoms with Crippen LogP contribution in [0.1, 0.15) is 51.4 Å². The van der Waals surface area contributed by atoms with Crippen LogP contribution in [-0.4, -0.2) is 80.2 Å². The first-order valence-corrected chi connectivity index (χ1v) is 14.9. The van der Waals surface area contributed by atoms with Gasteiger partial charge in [0, 0.05) is 25.6 Å². The van der Waals surface area contributed by atoms with E-state index in [1.807, 2.05) is 0 Å². The van der Waals surface area contributed by atoms with Crippen LogP contribution in [0.15, 0.2) is 35.2 Å². The van der Waals surface area contributed by atoms with Gasteiger partial charge in [0.25, 0.3) is 0 Å². The molecule has 3 amide bonds. The number of rotatable bonds is 8. The van der Waals surface area contributed by atoms with Gasteiger partial charge in [-0.05, 0) is 50.4 Å². The lowest BCUT2D eigenvalue weighted by atomic mass is 9.84. The van der Waals surface area contributed by atoms with Crippen molar-refractivity contribution in [1.29, 1.82) is 0 Å². The molecule has 37 heavy (non-hydrogen) atoms. The van der Waals surface area contributed by atoms with Gasteiger partial charge in [0.15, 0.2) is 0 Å². The number of amides is 3. The average molecular weight is 534 g/mol. The molecule has 0 spiro atoms. The molecule has 0 unspecified atom stereocenters. The Kier molecular flexibility index (Phi) is 9.20. The molecule has 3 fully saturated rings. The number of nitrogens with two attached hydrogens (primary N) is 1. The monoisotopic (exact) mass is 533 g/mol. The predicted octanol–water partition coefficient (Wildman–Crippen LogP) is 0.828. The third-order valence-corrected chi connectivity index (χ3v) is 9.86. The number of carbonyl (C=O) groups is 3. The van der Waals surface area contributed by atoms with Gasteiger partial charge in [0.2, 0.25) is 27.7 Å². The van der Waals surface area contributed by atoms with Crippen LogP contribution in [0.4, 0.5) is 0 Å². The molecule has 2 atom stereocenters. The summed E-state index contributed by atoms with van der Waals surface area (Å²) in [5.74, 6) is -1.13. The smallest absolute Gasteiger partial charge is 0.243 e. The fourth-order valence-electron chi connectivity index (χ4n) is 5.79. The van der Waals surface area contributed by atoms with E-state index >= 15 is 0 Å². The van der Waals surface area contributed by atoms with E-state index < -0.39 is 33.9 Å². The van der Waals surface area contributed by atoms with Gasteiger partial charge in [-0.25, -0.2) is 8.42 Å². The number of carbonyl (C=O) groups excluding carboxylic acids is 3. The molecule has 1 saturated carbocycles. The van der Waals surface area contributed by atoms with Crippen molar-refractivity contribution in [3.63, 3.8) is 0 Å². The van der Waals surface area contributed by atoms with Gasteiger partial charge < -0.3 is 21.3 Å². The molecule has 2 heterocycles. The van der Waals surface area contributed by atoms with E-state index in [-0.39, 0.29) is 36.4 Å². The first-order valence-electron chi connectivity index (χ1n) is 13.4. The van der Waals surface area contributed by atoms with Gasteiger partial charge in [-0.3, -0.25) is 14.4 Å². The second-order valence-electron chi connectivity index (χ2n) is 10.5. The summed E-state index contributed by atoms with van der Waals surface area (Å²) in [6.45, 7) is 1.65. The number of piperidine rings is 1. The quantitative estimate of drug-likeness (QED) is 0.452. The fourth-order valence-corrected chi connectivity index (χ4v) is 7.38. The van der Waals surface area contributed by atoms with Crippen molar-refractivity contribution in [1.82, 2.24) is 19.8 Å². The Balaban J connectivity index is 1.55. The molecule has 0 radical (unpaired) electrons. The standard InChI is InChI=1S/C26H39N5O5S/c27-24(32)22(17-19-7-3-1-4-8-19)29-25(33)23-18-30(26(34)20-11-13-28-14-12-20)15-16-31(23)37(35,36)21-9-5-2-6-10-21/h2,5-6,9-10,19-20,22-23,28H,1,3-4,7-8,11-18H2,(H2,27,32)(H,29,33)/t22-,23+/m0/s1. The molecule has 2 saturated heterocycles. The number of hydrogen-bond donors (Lipinski definition) is 3. The summed E-state index contributed by atoms with van der Waals surface area (Å²) in [6, 6.07) is 5.93. The maximum Gasteiger partial charge on any atom is 0.243 e. The van der Waals surface area contributed by atoms with Crippen molar-refractivity contribution in [3.8, 4) is 0 Å². The summed E-state index contributed by atoms with van der Waals surface area (Å²) in [7, 11) is -4.01.